The van der Waals surface area contributed by atoms with Gasteiger partial charge in [-0.05, 0) is 12.1 Å². The predicted molar refractivity (Wildman–Crippen MR) is 88.3 cm³/mol. The molecule has 4 N–H and O–H groups in total. The predicted octanol–water partition coefficient (Wildman–Crippen LogP) is 3.21. The van der Waals surface area contributed by atoms with Crippen molar-refractivity contribution in [2.45, 2.75) is 6.18 Å². The first kappa shape index (κ1) is 18.0. The molecule has 0 aliphatic rings. The first-order valence-electron chi connectivity index (χ1n) is 7.04. The van der Waals surface area contributed by atoms with Gasteiger partial charge in [0.15, 0.2) is 0 Å². The van der Waals surface area contributed by atoms with Gasteiger partial charge in [0.05, 0.1) is 11.8 Å². The van der Waals surface area contributed by atoms with E-state index in [4.69, 9.17) is 10.7 Å². The summed E-state index contributed by atoms with van der Waals surface area (Å²) in [7, 11) is 1.33. The fourth-order valence-electron chi connectivity index (χ4n) is 2.08. The van der Waals surface area contributed by atoms with E-state index < -0.39 is 11.7 Å². The van der Waals surface area contributed by atoms with Crippen LogP contribution in [0.25, 0.3) is 0 Å². The maximum Gasteiger partial charge on any atom is 0.421 e. The van der Waals surface area contributed by atoms with E-state index >= 15 is 0 Å². The van der Waals surface area contributed by atoms with Gasteiger partial charge in [-0.3, -0.25) is 0 Å². The molecule has 0 saturated carbocycles. The second-order valence-electron chi connectivity index (χ2n) is 4.75. The molecule has 0 unspecified atom stereocenters. The smallest absolute Gasteiger partial charge is 0.372 e. The van der Waals surface area contributed by atoms with Gasteiger partial charge in [0, 0.05) is 30.7 Å². The van der Waals surface area contributed by atoms with Gasteiger partial charge in [-0.25, -0.2) is 4.98 Å². The van der Waals surface area contributed by atoms with Gasteiger partial charge in [-0.1, -0.05) is 6.07 Å². The molecular formula is C15H14F3N7. The molecule has 0 bridgehead atoms. The van der Waals surface area contributed by atoms with Crippen molar-refractivity contribution in [2.24, 2.45) is 0 Å². The maximum atomic E-state index is 12.9. The molecule has 0 amide bonds. The average Bonchev–Trinajstić information content (AvgIpc) is 2.58. The molecule has 2 rings (SSSR count). The summed E-state index contributed by atoms with van der Waals surface area (Å²) in [5.41, 5.74) is 0.395. The van der Waals surface area contributed by atoms with Crippen molar-refractivity contribution in [1.82, 2.24) is 9.97 Å². The molecule has 25 heavy (non-hydrogen) atoms. The van der Waals surface area contributed by atoms with E-state index in [1.54, 1.807) is 18.2 Å². The fourth-order valence-corrected chi connectivity index (χ4v) is 2.08. The Morgan fingerprint density at radius 1 is 1.32 bits per heavy atom. The Morgan fingerprint density at radius 2 is 2.04 bits per heavy atom. The second kappa shape index (κ2) is 7.48. The summed E-state index contributed by atoms with van der Waals surface area (Å²) in [4.78, 5) is 7.51. The third kappa shape index (κ3) is 4.14. The monoisotopic (exact) mass is 349 g/mol. The second-order valence-corrected chi connectivity index (χ2v) is 4.75. The number of halogens is 3. The third-order valence-electron chi connectivity index (χ3n) is 3.19. The summed E-state index contributed by atoms with van der Waals surface area (Å²) in [6.07, 6.45) is -2.83. The number of hydrogen-bond donors (Lipinski definition) is 4. The Kier molecular flexibility index (Phi) is 5.38. The molecule has 0 aliphatic carbocycles. The zero-order chi connectivity index (χ0) is 18.4. The van der Waals surface area contributed by atoms with Crippen molar-refractivity contribution in [1.29, 1.82) is 10.7 Å². The van der Waals surface area contributed by atoms with Crippen LogP contribution in [0.4, 0.5) is 36.3 Å². The van der Waals surface area contributed by atoms with Gasteiger partial charge in [-0.15, -0.1) is 0 Å². The molecule has 1 aromatic heterocycles. The van der Waals surface area contributed by atoms with Gasteiger partial charge < -0.3 is 21.4 Å². The summed E-state index contributed by atoms with van der Waals surface area (Å²) >= 11 is 0. The Labute approximate surface area is 141 Å². The normalized spacial score (nSPS) is 10.7. The molecule has 1 heterocycles. The van der Waals surface area contributed by atoms with Gasteiger partial charge in [0.2, 0.25) is 5.95 Å². The largest absolute Gasteiger partial charge is 0.421 e. The summed E-state index contributed by atoms with van der Waals surface area (Å²) in [6, 6.07) is 6.89. The number of nitrogens with one attached hydrogen (secondary N) is 4. The van der Waals surface area contributed by atoms with Crippen LogP contribution in [-0.4, -0.2) is 29.8 Å². The molecule has 2 aromatic rings. The van der Waals surface area contributed by atoms with Gasteiger partial charge >= 0.3 is 6.18 Å². The molecule has 0 spiro atoms. The van der Waals surface area contributed by atoms with E-state index in [9.17, 15) is 13.2 Å². The van der Waals surface area contributed by atoms with Crippen LogP contribution >= 0.6 is 0 Å². The lowest BCUT2D eigenvalue weighted by Gasteiger charge is -2.15. The lowest BCUT2D eigenvalue weighted by molar-refractivity contribution is -0.137. The van der Waals surface area contributed by atoms with Crippen LogP contribution in [0.5, 0.6) is 0 Å². The highest BCUT2D eigenvalue weighted by Crippen LogP contribution is 2.34. The number of anilines is 4. The minimum Gasteiger partial charge on any atom is -0.372 e. The van der Waals surface area contributed by atoms with Crippen molar-refractivity contribution in [3.05, 3.63) is 35.5 Å². The Balaban J connectivity index is 2.37. The number of nitriles is 1. The SMILES string of the molecule is CNc1nc(Nc2cccc(NCC#N)c2C=N)ncc1C(F)(F)F. The highest BCUT2D eigenvalue weighted by molar-refractivity contribution is 5.94. The maximum absolute atomic E-state index is 12.9. The number of nitrogens with zero attached hydrogens (tertiary/aromatic N) is 3. The Morgan fingerprint density at radius 3 is 2.64 bits per heavy atom. The quantitative estimate of drug-likeness (QED) is 0.471. The minimum atomic E-state index is -4.57. The van der Waals surface area contributed by atoms with E-state index in [0.29, 0.717) is 23.1 Å². The van der Waals surface area contributed by atoms with Gasteiger partial charge in [0.25, 0.3) is 0 Å². The van der Waals surface area contributed by atoms with E-state index in [1.807, 2.05) is 6.07 Å². The summed E-state index contributed by atoms with van der Waals surface area (Å²) in [6.45, 7) is 0.0466. The minimum absolute atomic E-state index is 0.0466. The van der Waals surface area contributed by atoms with Crippen molar-refractivity contribution in [3.63, 3.8) is 0 Å². The molecule has 0 aliphatic heterocycles. The number of benzene rings is 1. The Bertz CT molecular complexity index is 812. The Hall–Kier alpha value is -3.35. The lowest BCUT2D eigenvalue weighted by Crippen LogP contribution is -2.13. The van der Waals surface area contributed by atoms with Crippen LogP contribution in [-0.2, 0) is 6.18 Å². The van der Waals surface area contributed by atoms with Crippen molar-refractivity contribution in [2.75, 3.05) is 29.5 Å². The standard InChI is InChI=1S/C15H14F3N7/c1-21-13-10(15(16,17)18)8-23-14(25-13)24-12-4-2-3-11(9(12)7-20)22-6-5-19/h2-4,7-8,20,22H,6H2,1H3,(H2,21,23,24,25). The first-order chi connectivity index (χ1) is 11.9. The third-order valence-corrected chi connectivity index (χ3v) is 3.19. The number of alkyl halides is 3. The summed E-state index contributed by atoms with van der Waals surface area (Å²) in [5.74, 6) is -0.418. The van der Waals surface area contributed by atoms with Crippen LogP contribution in [0.2, 0.25) is 0 Å². The van der Waals surface area contributed by atoms with E-state index in [0.717, 1.165) is 6.21 Å². The zero-order valence-electron chi connectivity index (χ0n) is 13.1. The molecule has 0 saturated heterocycles. The fraction of sp³-hybridized carbons (Fsp3) is 0.200. The molecule has 7 nitrogen and oxygen atoms in total. The van der Waals surface area contributed by atoms with Crippen LogP contribution < -0.4 is 16.0 Å². The van der Waals surface area contributed by atoms with E-state index in [-0.39, 0.29) is 18.3 Å². The van der Waals surface area contributed by atoms with Crippen molar-refractivity contribution in [3.8, 4) is 6.07 Å². The molecule has 1 aromatic carbocycles. The average molecular weight is 349 g/mol. The van der Waals surface area contributed by atoms with Gasteiger partial charge in [-0.2, -0.15) is 23.4 Å². The molecule has 0 radical (unpaired) electrons. The van der Waals surface area contributed by atoms with Crippen LogP contribution in [0.3, 0.4) is 0 Å². The van der Waals surface area contributed by atoms with Gasteiger partial charge in [0.1, 0.15) is 17.9 Å². The summed E-state index contributed by atoms with van der Waals surface area (Å²) < 4.78 is 38.6. The van der Waals surface area contributed by atoms with Crippen LogP contribution in [0.15, 0.2) is 24.4 Å². The molecule has 0 atom stereocenters. The zero-order valence-corrected chi connectivity index (χ0v) is 13.1. The highest BCUT2D eigenvalue weighted by Gasteiger charge is 2.35. The van der Waals surface area contributed by atoms with Crippen LogP contribution in [0, 0.1) is 16.7 Å². The highest BCUT2D eigenvalue weighted by atomic mass is 19.4. The van der Waals surface area contributed by atoms with Crippen molar-refractivity contribution < 1.29 is 13.2 Å². The van der Waals surface area contributed by atoms with E-state index in [1.165, 1.54) is 7.05 Å². The molecule has 130 valence electrons. The summed E-state index contributed by atoms with van der Waals surface area (Å²) in [5, 5.41) is 24.2. The molecular weight excluding hydrogens is 335 g/mol. The number of hydrogen-bond acceptors (Lipinski definition) is 7. The van der Waals surface area contributed by atoms with Crippen LogP contribution in [0.1, 0.15) is 11.1 Å². The first-order valence-corrected chi connectivity index (χ1v) is 7.04. The molecule has 10 heteroatoms. The van der Waals surface area contributed by atoms with E-state index in [2.05, 4.69) is 25.9 Å². The number of rotatable bonds is 6. The topological polar surface area (TPSA) is 110 Å². The molecule has 0 fully saturated rings. The lowest BCUT2D eigenvalue weighted by atomic mass is 10.1. The number of aromatic nitrogens is 2. The van der Waals surface area contributed by atoms with Crippen molar-refractivity contribution >= 4 is 29.4 Å².